The van der Waals surface area contributed by atoms with E-state index in [1.54, 1.807) is 25.3 Å². The largest absolute Gasteiger partial charge is 0.497 e. The van der Waals surface area contributed by atoms with Crippen LogP contribution in [0.4, 0.5) is 5.82 Å². The standard InChI is InChI=1S/C18H16N4O3S/c1-11(7-8-23)18(24)22(19)17-13-10-12(25-2)5-6-14(13)20-16(21-17)15-4-3-9-26-15/h3-10H,19H2,1-2H3/b11-7-. The molecule has 0 spiro atoms. The highest BCUT2D eigenvalue weighted by Crippen LogP contribution is 2.31. The minimum Gasteiger partial charge on any atom is -0.497 e. The van der Waals surface area contributed by atoms with Gasteiger partial charge in [0.1, 0.15) is 12.0 Å². The summed E-state index contributed by atoms with van der Waals surface area (Å²) in [6.45, 7) is 1.51. The number of anilines is 1. The molecular weight excluding hydrogens is 352 g/mol. The lowest BCUT2D eigenvalue weighted by Crippen LogP contribution is -2.39. The monoisotopic (exact) mass is 368 g/mol. The Morgan fingerprint density at radius 3 is 2.77 bits per heavy atom. The van der Waals surface area contributed by atoms with Gasteiger partial charge in [0.25, 0.3) is 5.91 Å². The Kier molecular flexibility index (Phi) is 5.06. The van der Waals surface area contributed by atoms with Crippen molar-refractivity contribution in [2.45, 2.75) is 6.92 Å². The summed E-state index contributed by atoms with van der Waals surface area (Å²) in [6, 6.07) is 9.05. The van der Waals surface area contributed by atoms with E-state index in [1.165, 1.54) is 18.3 Å². The molecule has 0 bridgehead atoms. The van der Waals surface area contributed by atoms with Gasteiger partial charge >= 0.3 is 0 Å². The maximum atomic E-state index is 12.5. The number of carbonyl (C=O) groups is 2. The van der Waals surface area contributed by atoms with Crippen molar-refractivity contribution >= 4 is 40.3 Å². The Morgan fingerprint density at radius 2 is 2.12 bits per heavy atom. The Hall–Kier alpha value is -3.10. The second kappa shape index (κ2) is 7.42. The zero-order valence-corrected chi connectivity index (χ0v) is 15.0. The van der Waals surface area contributed by atoms with Crippen molar-refractivity contribution in [3.8, 4) is 16.5 Å². The number of rotatable bonds is 5. The molecule has 0 fully saturated rings. The number of hydrogen-bond donors (Lipinski definition) is 1. The van der Waals surface area contributed by atoms with E-state index in [0.29, 0.717) is 28.8 Å². The van der Waals surface area contributed by atoms with Crippen LogP contribution in [0.25, 0.3) is 21.6 Å². The Balaban J connectivity index is 2.21. The molecule has 1 amide bonds. The van der Waals surface area contributed by atoms with Gasteiger partial charge in [-0.05, 0) is 42.6 Å². The van der Waals surface area contributed by atoms with Crippen LogP contribution in [-0.4, -0.2) is 29.3 Å². The van der Waals surface area contributed by atoms with Crippen molar-refractivity contribution in [1.82, 2.24) is 9.97 Å². The maximum Gasteiger partial charge on any atom is 0.269 e. The Labute approximate surface area is 153 Å². The summed E-state index contributed by atoms with van der Waals surface area (Å²) in [5.74, 6) is 6.81. The number of hydrogen-bond acceptors (Lipinski definition) is 7. The lowest BCUT2D eigenvalue weighted by Gasteiger charge is -2.18. The number of methoxy groups -OCH3 is 1. The third-order valence-corrected chi connectivity index (χ3v) is 4.59. The van der Waals surface area contributed by atoms with E-state index in [0.717, 1.165) is 16.0 Å². The lowest BCUT2D eigenvalue weighted by atomic mass is 10.2. The van der Waals surface area contributed by atoms with Crippen LogP contribution in [0, 0.1) is 0 Å². The second-order valence-electron chi connectivity index (χ2n) is 5.39. The SMILES string of the molecule is COc1ccc2nc(-c3cccs3)nc(N(N)C(=O)/C(C)=C\C=O)c2c1. The molecule has 2 N–H and O–H groups in total. The highest BCUT2D eigenvalue weighted by Gasteiger charge is 2.20. The summed E-state index contributed by atoms with van der Waals surface area (Å²) < 4.78 is 5.25. The normalized spacial score (nSPS) is 11.4. The number of amides is 1. The minimum absolute atomic E-state index is 0.204. The number of thiophene rings is 1. The summed E-state index contributed by atoms with van der Waals surface area (Å²) in [5, 5.41) is 3.41. The van der Waals surface area contributed by atoms with Gasteiger partial charge in [0.05, 0.1) is 17.5 Å². The molecule has 26 heavy (non-hydrogen) atoms. The highest BCUT2D eigenvalue weighted by atomic mass is 32.1. The number of nitrogens with two attached hydrogens (primary N) is 1. The van der Waals surface area contributed by atoms with Gasteiger partial charge in [-0.25, -0.2) is 20.8 Å². The van der Waals surface area contributed by atoms with Gasteiger partial charge in [-0.1, -0.05) is 6.07 Å². The molecule has 3 aromatic rings. The van der Waals surface area contributed by atoms with Crippen LogP contribution in [0.3, 0.4) is 0 Å². The van der Waals surface area contributed by atoms with Gasteiger partial charge in [-0.15, -0.1) is 11.3 Å². The number of aromatic nitrogens is 2. The molecule has 2 aromatic heterocycles. The number of benzene rings is 1. The van der Waals surface area contributed by atoms with Crippen molar-refractivity contribution in [3.63, 3.8) is 0 Å². The third-order valence-electron chi connectivity index (χ3n) is 3.73. The van der Waals surface area contributed by atoms with Crippen LogP contribution in [0.2, 0.25) is 0 Å². The molecule has 132 valence electrons. The first-order valence-electron chi connectivity index (χ1n) is 7.66. The fraction of sp³-hybridized carbons (Fsp3) is 0.111. The van der Waals surface area contributed by atoms with Gasteiger partial charge in [-0.2, -0.15) is 0 Å². The van der Waals surface area contributed by atoms with Gasteiger partial charge < -0.3 is 4.74 Å². The van der Waals surface area contributed by atoms with E-state index in [9.17, 15) is 9.59 Å². The Bertz CT molecular complexity index is 999. The van der Waals surface area contributed by atoms with Crippen LogP contribution in [0.5, 0.6) is 5.75 Å². The van der Waals surface area contributed by atoms with Crippen LogP contribution in [0.1, 0.15) is 6.92 Å². The molecule has 0 unspecified atom stereocenters. The lowest BCUT2D eigenvalue weighted by molar-refractivity contribution is -0.115. The summed E-state index contributed by atoms with van der Waals surface area (Å²) in [7, 11) is 1.55. The molecule has 0 radical (unpaired) electrons. The van der Waals surface area contributed by atoms with Crippen molar-refractivity contribution < 1.29 is 14.3 Å². The number of allylic oxidation sites excluding steroid dienone is 1. The minimum atomic E-state index is -0.531. The van der Waals surface area contributed by atoms with Crippen LogP contribution in [0.15, 0.2) is 47.4 Å². The summed E-state index contributed by atoms with van der Waals surface area (Å²) in [6.07, 6.45) is 1.70. The molecule has 1 aromatic carbocycles. The van der Waals surface area contributed by atoms with Crippen LogP contribution >= 0.6 is 11.3 Å². The predicted octanol–water partition coefficient (Wildman–Crippen LogP) is 2.72. The Morgan fingerprint density at radius 1 is 1.31 bits per heavy atom. The summed E-state index contributed by atoms with van der Waals surface area (Å²) in [4.78, 5) is 33.1. The van der Waals surface area contributed by atoms with E-state index in [4.69, 9.17) is 10.6 Å². The third kappa shape index (κ3) is 3.32. The first kappa shape index (κ1) is 17.7. The van der Waals surface area contributed by atoms with Crippen LogP contribution in [-0.2, 0) is 9.59 Å². The highest BCUT2D eigenvalue weighted by molar-refractivity contribution is 7.13. The first-order valence-corrected chi connectivity index (χ1v) is 8.54. The molecule has 0 saturated carbocycles. The molecule has 3 rings (SSSR count). The topological polar surface area (TPSA) is 98.4 Å². The van der Waals surface area contributed by atoms with E-state index in [1.807, 2.05) is 17.5 Å². The number of carbonyl (C=O) groups excluding carboxylic acids is 2. The fourth-order valence-corrected chi connectivity index (χ4v) is 3.04. The molecular formula is C18H16N4O3S. The van der Waals surface area contributed by atoms with Gasteiger partial charge in [0.2, 0.25) is 0 Å². The van der Waals surface area contributed by atoms with E-state index in [-0.39, 0.29) is 11.4 Å². The van der Waals surface area contributed by atoms with Gasteiger partial charge in [-0.3, -0.25) is 9.59 Å². The molecule has 0 aliphatic rings. The summed E-state index contributed by atoms with van der Waals surface area (Å²) >= 11 is 1.48. The molecule has 0 aliphatic heterocycles. The van der Waals surface area contributed by atoms with E-state index < -0.39 is 5.91 Å². The molecule has 0 aliphatic carbocycles. The smallest absolute Gasteiger partial charge is 0.269 e. The van der Waals surface area contributed by atoms with Crippen molar-refractivity contribution in [3.05, 3.63) is 47.4 Å². The maximum absolute atomic E-state index is 12.5. The van der Waals surface area contributed by atoms with Gasteiger partial charge in [0.15, 0.2) is 11.6 Å². The van der Waals surface area contributed by atoms with Crippen LogP contribution < -0.4 is 15.6 Å². The van der Waals surface area contributed by atoms with Crippen molar-refractivity contribution in [2.75, 3.05) is 12.1 Å². The zero-order chi connectivity index (χ0) is 18.7. The van der Waals surface area contributed by atoms with E-state index in [2.05, 4.69) is 9.97 Å². The average molecular weight is 368 g/mol. The number of aldehydes is 1. The summed E-state index contributed by atoms with van der Waals surface area (Å²) in [5.41, 5.74) is 0.828. The molecule has 8 heteroatoms. The quantitative estimate of drug-likeness (QED) is 0.244. The number of nitrogens with zero attached hydrogens (tertiary/aromatic N) is 3. The second-order valence-corrected chi connectivity index (χ2v) is 6.34. The fourth-order valence-electron chi connectivity index (χ4n) is 2.38. The number of fused-ring (bicyclic) bond motifs is 1. The first-order chi connectivity index (χ1) is 12.5. The van der Waals surface area contributed by atoms with Gasteiger partial charge in [0, 0.05) is 11.0 Å². The van der Waals surface area contributed by atoms with Crippen molar-refractivity contribution in [2.24, 2.45) is 5.84 Å². The molecule has 2 heterocycles. The average Bonchev–Trinajstić information content (AvgIpc) is 3.20. The molecule has 0 saturated heterocycles. The zero-order valence-electron chi connectivity index (χ0n) is 14.2. The number of hydrazine groups is 1. The number of ether oxygens (including phenoxy) is 1. The van der Waals surface area contributed by atoms with E-state index >= 15 is 0 Å². The van der Waals surface area contributed by atoms with Crippen molar-refractivity contribution in [1.29, 1.82) is 0 Å². The molecule has 0 atom stereocenters. The predicted molar refractivity (Wildman–Crippen MR) is 101 cm³/mol. The molecule has 7 nitrogen and oxygen atoms in total.